The average Bonchev–Trinajstić information content (AvgIpc) is 2.20. The summed E-state index contributed by atoms with van der Waals surface area (Å²) in [5, 5.41) is 0.894. The lowest BCUT2D eigenvalue weighted by Crippen LogP contribution is -2.04. The molecule has 1 nitrogen and oxygen atoms in total. The van der Waals surface area contributed by atoms with Crippen LogP contribution in [0.25, 0.3) is 5.57 Å². The van der Waals surface area contributed by atoms with E-state index in [9.17, 15) is 0 Å². The first-order valence-corrected chi connectivity index (χ1v) is 5.37. The van der Waals surface area contributed by atoms with Crippen LogP contribution < -0.4 is 5.73 Å². The molecule has 0 fully saturated rings. The number of hydrogen-bond donors (Lipinski definition) is 1. The Morgan fingerprint density at radius 1 is 1.36 bits per heavy atom. The summed E-state index contributed by atoms with van der Waals surface area (Å²) in [6, 6.07) is 6.12. The van der Waals surface area contributed by atoms with Crippen LogP contribution >= 0.6 is 11.6 Å². The molecule has 0 aliphatic heterocycles. The summed E-state index contributed by atoms with van der Waals surface area (Å²) in [7, 11) is 0. The molecule has 0 spiro atoms. The molecule has 14 heavy (non-hydrogen) atoms. The molecule has 0 amide bonds. The predicted octanol–water partition coefficient (Wildman–Crippen LogP) is 3.02. The molecule has 0 unspecified atom stereocenters. The van der Waals surface area contributed by atoms with E-state index in [0.717, 1.165) is 17.9 Å². The molecule has 2 heteroatoms. The maximum Gasteiger partial charge on any atom is 0.0444 e. The Labute approximate surface area is 89.6 Å². The van der Waals surface area contributed by atoms with Gasteiger partial charge in [0.25, 0.3) is 0 Å². The molecule has 1 aliphatic carbocycles. The van der Waals surface area contributed by atoms with Gasteiger partial charge < -0.3 is 5.73 Å². The van der Waals surface area contributed by atoms with Gasteiger partial charge in [-0.1, -0.05) is 29.8 Å². The number of benzene rings is 1. The molecule has 0 heterocycles. The predicted molar refractivity (Wildman–Crippen MR) is 61.4 cm³/mol. The Kier molecular flexibility index (Phi) is 2.90. The van der Waals surface area contributed by atoms with Gasteiger partial charge in [0.2, 0.25) is 0 Å². The molecule has 0 saturated carbocycles. The average molecular weight is 208 g/mol. The van der Waals surface area contributed by atoms with Crippen molar-refractivity contribution in [2.45, 2.75) is 19.3 Å². The van der Waals surface area contributed by atoms with Gasteiger partial charge >= 0.3 is 0 Å². The second kappa shape index (κ2) is 4.16. The third-order valence-corrected chi connectivity index (χ3v) is 3.06. The van der Waals surface area contributed by atoms with Gasteiger partial charge in [0.1, 0.15) is 0 Å². The van der Waals surface area contributed by atoms with E-state index >= 15 is 0 Å². The zero-order chi connectivity index (χ0) is 9.97. The fourth-order valence-electron chi connectivity index (χ4n) is 2.06. The molecular weight excluding hydrogens is 194 g/mol. The number of nitrogens with two attached hydrogens (primary N) is 1. The van der Waals surface area contributed by atoms with Gasteiger partial charge in [0.15, 0.2) is 0 Å². The van der Waals surface area contributed by atoms with E-state index in [1.54, 1.807) is 0 Å². The van der Waals surface area contributed by atoms with E-state index in [2.05, 4.69) is 12.1 Å². The first-order valence-electron chi connectivity index (χ1n) is 5.00. The fourth-order valence-corrected chi connectivity index (χ4v) is 2.33. The van der Waals surface area contributed by atoms with E-state index in [-0.39, 0.29) is 0 Å². The molecule has 1 aliphatic rings. The Morgan fingerprint density at radius 2 is 2.21 bits per heavy atom. The molecule has 2 N–H and O–H groups in total. The van der Waals surface area contributed by atoms with E-state index in [4.69, 9.17) is 17.3 Å². The largest absolute Gasteiger partial charge is 0.327 e. The zero-order valence-corrected chi connectivity index (χ0v) is 8.85. The molecule has 1 aromatic carbocycles. The third-order valence-electron chi connectivity index (χ3n) is 2.70. The Bertz CT molecular complexity index is 369. The van der Waals surface area contributed by atoms with Gasteiger partial charge in [-0.15, -0.1) is 0 Å². The maximum atomic E-state index is 6.15. The summed E-state index contributed by atoms with van der Waals surface area (Å²) in [6.45, 7) is 0.612. The zero-order valence-electron chi connectivity index (χ0n) is 8.09. The highest BCUT2D eigenvalue weighted by molar-refractivity contribution is 6.31. The van der Waals surface area contributed by atoms with Crippen molar-refractivity contribution in [3.05, 3.63) is 40.4 Å². The summed E-state index contributed by atoms with van der Waals surface area (Å²) >= 11 is 6.15. The standard InChI is InChI=1S/C12H14ClN/c13-12-6-2-4-10-9(7-8-14)3-1-5-11(10)12/h2,4,6-7H,1,3,5,8,14H2/b9-7-. The molecular formula is C12H14ClN. The van der Waals surface area contributed by atoms with E-state index in [1.165, 1.54) is 23.1 Å². The van der Waals surface area contributed by atoms with Gasteiger partial charge in [-0.25, -0.2) is 0 Å². The van der Waals surface area contributed by atoms with Crippen LogP contribution in [0.1, 0.15) is 24.0 Å². The van der Waals surface area contributed by atoms with Crippen LogP contribution in [0, 0.1) is 0 Å². The Balaban J connectivity index is 2.50. The number of hydrogen-bond acceptors (Lipinski definition) is 1. The number of allylic oxidation sites excluding steroid dienone is 1. The van der Waals surface area contributed by atoms with Gasteiger partial charge in [-0.05, 0) is 42.0 Å². The van der Waals surface area contributed by atoms with Crippen LogP contribution in [0.15, 0.2) is 24.3 Å². The highest BCUT2D eigenvalue weighted by Crippen LogP contribution is 2.34. The monoisotopic (exact) mass is 207 g/mol. The molecule has 2 rings (SSSR count). The number of rotatable bonds is 1. The van der Waals surface area contributed by atoms with E-state index in [1.807, 2.05) is 12.1 Å². The van der Waals surface area contributed by atoms with E-state index in [0.29, 0.717) is 6.54 Å². The first kappa shape index (κ1) is 9.75. The van der Waals surface area contributed by atoms with Crippen LogP contribution in [-0.2, 0) is 6.42 Å². The fraction of sp³-hybridized carbons (Fsp3) is 0.333. The van der Waals surface area contributed by atoms with Crippen molar-refractivity contribution in [2.75, 3.05) is 6.54 Å². The summed E-state index contributed by atoms with van der Waals surface area (Å²) in [5.41, 5.74) is 9.49. The van der Waals surface area contributed by atoms with Crippen molar-refractivity contribution in [1.29, 1.82) is 0 Å². The van der Waals surface area contributed by atoms with Gasteiger partial charge in [0.05, 0.1) is 0 Å². The summed E-state index contributed by atoms with van der Waals surface area (Å²) in [5.74, 6) is 0. The summed E-state index contributed by atoms with van der Waals surface area (Å²) in [4.78, 5) is 0. The minimum atomic E-state index is 0.612. The normalized spacial score (nSPS) is 18.3. The number of halogens is 1. The maximum absolute atomic E-state index is 6.15. The molecule has 0 aromatic heterocycles. The first-order chi connectivity index (χ1) is 6.83. The SMILES string of the molecule is NC/C=C1/CCCc2c(Cl)cccc21. The highest BCUT2D eigenvalue weighted by atomic mass is 35.5. The van der Waals surface area contributed by atoms with Crippen LogP contribution in [0.5, 0.6) is 0 Å². The van der Waals surface area contributed by atoms with Crippen molar-refractivity contribution in [1.82, 2.24) is 0 Å². The summed E-state index contributed by atoms with van der Waals surface area (Å²) < 4.78 is 0. The second-order valence-corrected chi connectivity index (χ2v) is 3.99. The number of fused-ring (bicyclic) bond motifs is 1. The molecule has 0 saturated heterocycles. The van der Waals surface area contributed by atoms with Gasteiger partial charge in [-0.2, -0.15) is 0 Å². The van der Waals surface area contributed by atoms with E-state index < -0.39 is 0 Å². The molecule has 74 valence electrons. The van der Waals surface area contributed by atoms with Crippen molar-refractivity contribution in [2.24, 2.45) is 5.73 Å². The van der Waals surface area contributed by atoms with Crippen LogP contribution in [-0.4, -0.2) is 6.54 Å². The van der Waals surface area contributed by atoms with Crippen molar-refractivity contribution in [3.63, 3.8) is 0 Å². The Hall–Kier alpha value is -0.790. The minimum Gasteiger partial charge on any atom is -0.327 e. The molecule has 0 bridgehead atoms. The highest BCUT2D eigenvalue weighted by Gasteiger charge is 2.15. The minimum absolute atomic E-state index is 0.612. The van der Waals surface area contributed by atoms with Crippen LogP contribution in [0.3, 0.4) is 0 Å². The Morgan fingerprint density at radius 3 is 3.00 bits per heavy atom. The summed E-state index contributed by atoms with van der Waals surface area (Å²) in [6.07, 6.45) is 5.51. The molecule has 0 atom stereocenters. The lowest BCUT2D eigenvalue weighted by Gasteiger charge is -2.19. The quantitative estimate of drug-likeness (QED) is 0.753. The lowest BCUT2D eigenvalue weighted by atomic mass is 9.87. The van der Waals surface area contributed by atoms with Gasteiger partial charge in [0, 0.05) is 11.6 Å². The van der Waals surface area contributed by atoms with Crippen LogP contribution in [0.2, 0.25) is 5.02 Å². The molecule has 1 aromatic rings. The smallest absolute Gasteiger partial charge is 0.0444 e. The second-order valence-electron chi connectivity index (χ2n) is 3.58. The van der Waals surface area contributed by atoms with Crippen molar-refractivity contribution in [3.8, 4) is 0 Å². The molecule has 0 radical (unpaired) electrons. The van der Waals surface area contributed by atoms with Crippen molar-refractivity contribution >= 4 is 17.2 Å². The van der Waals surface area contributed by atoms with Crippen LogP contribution in [0.4, 0.5) is 0 Å². The van der Waals surface area contributed by atoms with Crippen molar-refractivity contribution < 1.29 is 0 Å². The topological polar surface area (TPSA) is 26.0 Å². The third kappa shape index (κ3) is 1.70. The van der Waals surface area contributed by atoms with Gasteiger partial charge in [-0.3, -0.25) is 0 Å². The lowest BCUT2D eigenvalue weighted by molar-refractivity contribution is 0.820.